The summed E-state index contributed by atoms with van der Waals surface area (Å²) in [6.07, 6.45) is 4.85. The molecule has 3 aliphatic heterocycles. The maximum Gasteiger partial charge on any atom is 0.242 e. The lowest BCUT2D eigenvalue weighted by atomic mass is 9.79. The summed E-state index contributed by atoms with van der Waals surface area (Å²) in [6, 6.07) is 10.7. The largest absolute Gasteiger partial charge is 0.381 e. The van der Waals surface area contributed by atoms with Crippen molar-refractivity contribution in [3.8, 4) is 0 Å². The van der Waals surface area contributed by atoms with Gasteiger partial charge in [0.1, 0.15) is 0 Å². The molecule has 0 aliphatic carbocycles. The van der Waals surface area contributed by atoms with Gasteiger partial charge in [-0.05, 0) is 44.2 Å². The number of amides is 1. The fourth-order valence-electron chi connectivity index (χ4n) is 4.99. The summed E-state index contributed by atoms with van der Waals surface area (Å²) >= 11 is 0. The topological polar surface area (TPSA) is 58.8 Å². The molecule has 1 atom stereocenters. The summed E-state index contributed by atoms with van der Waals surface area (Å²) in [5, 5.41) is 0. The zero-order chi connectivity index (χ0) is 18.0. The normalized spacial score (nSPS) is 27.1. The smallest absolute Gasteiger partial charge is 0.242 e. The third-order valence-corrected chi connectivity index (χ3v) is 6.53. The SMILES string of the molecule is Cl.Cl.NC1(C(=O)N2CCC3(CCCN(Cc4ccccc4)C3)C2)CCOCC1. The molecule has 5 nitrogen and oxygen atoms in total. The van der Waals surface area contributed by atoms with Crippen molar-refractivity contribution in [3.05, 3.63) is 35.9 Å². The molecule has 3 heterocycles. The number of nitrogens with two attached hydrogens (primary N) is 1. The van der Waals surface area contributed by atoms with E-state index in [0.29, 0.717) is 26.1 Å². The predicted molar refractivity (Wildman–Crippen MR) is 116 cm³/mol. The Morgan fingerprint density at radius 3 is 2.43 bits per heavy atom. The van der Waals surface area contributed by atoms with E-state index in [1.54, 1.807) is 0 Å². The Labute approximate surface area is 180 Å². The Kier molecular flexibility index (Phi) is 8.17. The summed E-state index contributed by atoms with van der Waals surface area (Å²) in [4.78, 5) is 17.7. The van der Waals surface area contributed by atoms with Crippen molar-refractivity contribution < 1.29 is 9.53 Å². The minimum absolute atomic E-state index is 0. The molecule has 1 amide bonds. The van der Waals surface area contributed by atoms with Crippen LogP contribution in [0, 0.1) is 5.41 Å². The summed E-state index contributed by atoms with van der Waals surface area (Å²) in [5.41, 5.74) is 7.37. The van der Waals surface area contributed by atoms with Gasteiger partial charge in [0, 0.05) is 44.8 Å². The van der Waals surface area contributed by atoms with Gasteiger partial charge in [-0.25, -0.2) is 0 Å². The first-order valence-electron chi connectivity index (χ1n) is 10.0. The van der Waals surface area contributed by atoms with Crippen LogP contribution >= 0.6 is 24.8 Å². The number of halogens is 2. The van der Waals surface area contributed by atoms with Gasteiger partial charge < -0.3 is 15.4 Å². The van der Waals surface area contributed by atoms with Crippen LogP contribution in [0.4, 0.5) is 0 Å². The monoisotopic (exact) mass is 429 g/mol. The number of piperidine rings is 1. The zero-order valence-corrected chi connectivity index (χ0v) is 18.1. The highest BCUT2D eigenvalue weighted by molar-refractivity contribution is 5.86. The van der Waals surface area contributed by atoms with Crippen molar-refractivity contribution in [3.63, 3.8) is 0 Å². The Hall–Kier alpha value is -0.850. The Morgan fingerprint density at radius 2 is 1.71 bits per heavy atom. The van der Waals surface area contributed by atoms with Crippen molar-refractivity contribution in [1.82, 2.24) is 9.80 Å². The first-order valence-corrected chi connectivity index (χ1v) is 10.0. The molecule has 3 saturated heterocycles. The Bertz CT molecular complexity index is 640. The van der Waals surface area contributed by atoms with Gasteiger partial charge in [0.15, 0.2) is 0 Å². The van der Waals surface area contributed by atoms with Gasteiger partial charge >= 0.3 is 0 Å². The molecule has 0 aromatic heterocycles. The highest BCUT2D eigenvalue weighted by atomic mass is 35.5. The molecule has 0 radical (unpaired) electrons. The van der Waals surface area contributed by atoms with E-state index in [1.807, 2.05) is 0 Å². The number of hydrogen-bond acceptors (Lipinski definition) is 4. The molecular formula is C21H33Cl2N3O2. The molecule has 4 rings (SSSR count). The van der Waals surface area contributed by atoms with Crippen LogP contribution in [-0.2, 0) is 16.1 Å². The Balaban J connectivity index is 0.00000140. The zero-order valence-electron chi connectivity index (χ0n) is 16.5. The number of nitrogens with zero attached hydrogens (tertiary/aromatic N) is 2. The highest BCUT2D eigenvalue weighted by Gasteiger charge is 2.47. The quantitative estimate of drug-likeness (QED) is 0.802. The van der Waals surface area contributed by atoms with Crippen molar-refractivity contribution in [2.45, 2.75) is 44.2 Å². The molecule has 1 spiro atoms. The maximum atomic E-state index is 13.1. The molecule has 1 aromatic rings. The van der Waals surface area contributed by atoms with Crippen LogP contribution in [0.2, 0.25) is 0 Å². The van der Waals surface area contributed by atoms with E-state index in [-0.39, 0.29) is 36.1 Å². The fraction of sp³-hybridized carbons (Fsp3) is 0.667. The lowest BCUT2D eigenvalue weighted by Crippen LogP contribution is -2.58. The van der Waals surface area contributed by atoms with E-state index in [2.05, 4.69) is 40.1 Å². The summed E-state index contributed by atoms with van der Waals surface area (Å²) in [7, 11) is 0. The minimum atomic E-state index is -0.706. The van der Waals surface area contributed by atoms with Crippen LogP contribution in [-0.4, -0.2) is 60.6 Å². The third kappa shape index (κ3) is 5.00. The lowest BCUT2D eigenvalue weighted by Gasteiger charge is -2.41. The van der Waals surface area contributed by atoms with E-state index in [9.17, 15) is 4.79 Å². The van der Waals surface area contributed by atoms with Gasteiger partial charge in [-0.1, -0.05) is 30.3 Å². The first kappa shape index (κ1) is 23.4. The third-order valence-electron chi connectivity index (χ3n) is 6.53. The Morgan fingerprint density at radius 1 is 1.00 bits per heavy atom. The first-order chi connectivity index (χ1) is 12.6. The van der Waals surface area contributed by atoms with Crippen LogP contribution in [0.3, 0.4) is 0 Å². The molecular weight excluding hydrogens is 397 g/mol. The summed E-state index contributed by atoms with van der Waals surface area (Å²) < 4.78 is 5.40. The predicted octanol–water partition coefficient (Wildman–Crippen LogP) is 2.85. The number of ether oxygens (including phenoxy) is 1. The molecule has 2 N–H and O–H groups in total. The van der Waals surface area contributed by atoms with E-state index in [4.69, 9.17) is 10.5 Å². The average Bonchev–Trinajstić information content (AvgIpc) is 3.05. The average molecular weight is 430 g/mol. The van der Waals surface area contributed by atoms with Crippen LogP contribution in [0.15, 0.2) is 30.3 Å². The van der Waals surface area contributed by atoms with Crippen LogP contribution in [0.5, 0.6) is 0 Å². The molecule has 28 heavy (non-hydrogen) atoms. The van der Waals surface area contributed by atoms with E-state index < -0.39 is 5.54 Å². The summed E-state index contributed by atoms with van der Waals surface area (Å²) in [5.74, 6) is 0.151. The molecule has 3 aliphatic rings. The highest BCUT2D eigenvalue weighted by Crippen LogP contribution is 2.40. The van der Waals surface area contributed by atoms with Gasteiger partial charge in [-0.2, -0.15) is 0 Å². The van der Waals surface area contributed by atoms with Crippen molar-refractivity contribution in [2.75, 3.05) is 39.4 Å². The van der Waals surface area contributed by atoms with Gasteiger partial charge in [-0.15, -0.1) is 24.8 Å². The maximum absolute atomic E-state index is 13.1. The molecule has 3 fully saturated rings. The standard InChI is InChI=1S/C21H31N3O2.2ClH/c22-21(9-13-26-14-10-21)19(25)24-12-8-20(17-24)7-4-11-23(16-20)15-18-5-2-1-3-6-18;;/h1-3,5-6H,4,7-17,22H2;2*1H. The lowest BCUT2D eigenvalue weighted by molar-refractivity contribution is -0.140. The molecule has 1 aromatic carbocycles. The number of likely N-dealkylation sites (tertiary alicyclic amines) is 2. The van der Waals surface area contributed by atoms with Crippen molar-refractivity contribution in [1.29, 1.82) is 0 Å². The fourth-order valence-corrected chi connectivity index (χ4v) is 4.99. The second-order valence-corrected chi connectivity index (χ2v) is 8.55. The van der Waals surface area contributed by atoms with Gasteiger partial charge in [0.05, 0.1) is 5.54 Å². The summed E-state index contributed by atoms with van der Waals surface area (Å²) in [6.45, 7) is 6.19. The number of benzene rings is 1. The van der Waals surface area contributed by atoms with Gasteiger partial charge in [-0.3, -0.25) is 9.69 Å². The van der Waals surface area contributed by atoms with Crippen LogP contribution in [0.1, 0.15) is 37.7 Å². The second-order valence-electron chi connectivity index (χ2n) is 8.55. The number of rotatable bonds is 3. The second kappa shape index (κ2) is 9.77. The number of carbonyl (C=O) groups is 1. The van der Waals surface area contributed by atoms with Gasteiger partial charge in [0.2, 0.25) is 5.91 Å². The van der Waals surface area contributed by atoms with E-state index in [1.165, 1.54) is 18.4 Å². The van der Waals surface area contributed by atoms with Crippen LogP contribution < -0.4 is 5.73 Å². The minimum Gasteiger partial charge on any atom is -0.381 e. The van der Waals surface area contributed by atoms with Crippen molar-refractivity contribution >= 4 is 30.7 Å². The van der Waals surface area contributed by atoms with E-state index >= 15 is 0 Å². The molecule has 0 bridgehead atoms. The molecule has 7 heteroatoms. The van der Waals surface area contributed by atoms with Crippen LogP contribution in [0.25, 0.3) is 0 Å². The number of hydrogen-bond donors (Lipinski definition) is 1. The molecule has 1 unspecified atom stereocenters. The molecule has 0 saturated carbocycles. The van der Waals surface area contributed by atoms with Gasteiger partial charge in [0.25, 0.3) is 0 Å². The number of carbonyl (C=O) groups excluding carboxylic acids is 1. The molecule has 158 valence electrons. The van der Waals surface area contributed by atoms with Crippen molar-refractivity contribution in [2.24, 2.45) is 11.1 Å². The van der Waals surface area contributed by atoms with E-state index in [0.717, 1.165) is 39.1 Å².